The summed E-state index contributed by atoms with van der Waals surface area (Å²) in [6.45, 7) is 4.15. The van der Waals surface area contributed by atoms with Crippen LogP contribution in [0.4, 0.5) is 5.69 Å². The monoisotopic (exact) mass is 323 g/mol. The molecule has 0 spiro atoms. The van der Waals surface area contributed by atoms with Gasteiger partial charge in [0.2, 0.25) is 0 Å². The van der Waals surface area contributed by atoms with Crippen LogP contribution in [-0.2, 0) is 0 Å². The molecule has 0 fully saturated rings. The molecule has 1 amide bonds. The molecule has 6 heteroatoms. The van der Waals surface area contributed by atoms with E-state index in [-0.39, 0.29) is 17.2 Å². The molecule has 0 unspecified atom stereocenters. The second-order valence-electron chi connectivity index (χ2n) is 5.22. The first-order valence-electron chi connectivity index (χ1n) is 7.62. The van der Waals surface area contributed by atoms with Crippen LogP contribution in [0.2, 0.25) is 0 Å². The minimum absolute atomic E-state index is 0.178. The zero-order valence-electron chi connectivity index (χ0n) is 13.4. The first-order chi connectivity index (χ1) is 11.6. The van der Waals surface area contributed by atoms with E-state index in [0.717, 1.165) is 0 Å². The molecule has 3 rings (SSSR count). The Labute approximate surface area is 138 Å². The van der Waals surface area contributed by atoms with Crippen LogP contribution in [0.1, 0.15) is 23.0 Å². The predicted octanol–water partition coefficient (Wildman–Crippen LogP) is 2.65. The van der Waals surface area contributed by atoms with Gasteiger partial charge in [-0.25, -0.2) is 4.98 Å². The molecular weight excluding hydrogens is 306 g/mol. The molecule has 1 N–H and O–H groups in total. The highest BCUT2D eigenvalue weighted by atomic mass is 16.5. The van der Waals surface area contributed by atoms with E-state index in [0.29, 0.717) is 29.3 Å². The van der Waals surface area contributed by atoms with Crippen molar-refractivity contribution in [3.8, 4) is 5.75 Å². The summed E-state index contributed by atoms with van der Waals surface area (Å²) in [5.74, 6) is 0.327. The van der Waals surface area contributed by atoms with Gasteiger partial charge in [0.1, 0.15) is 17.1 Å². The van der Waals surface area contributed by atoms with E-state index in [4.69, 9.17) is 4.74 Å². The minimum atomic E-state index is -0.365. The number of nitrogens with one attached hydrogen (secondary N) is 1. The van der Waals surface area contributed by atoms with Crippen molar-refractivity contribution in [2.24, 2.45) is 0 Å². The van der Waals surface area contributed by atoms with Crippen molar-refractivity contribution in [3.63, 3.8) is 0 Å². The van der Waals surface area contributed by atoms with Gasteiger partial charge in [-0.3, -0.25) is 14.0 Å². The Kier molecular flexibility index (Phi) is 4.29. The van der Waals surface area contributed by atoms with Gasteiger partial charge in [-0.2, -0.15) is 0 Å². The van der Waals surface area contributed by atoms with Gasteiger partial charge in [-0.15, -0.1) is 0 Å². The lowest BCUT2D eigenvalue weighted by atomic mass is 10.2. The van der Waals surface area contributed by atoms with Crippen molar-refractivity contribution in [2.45, 2.75) is 13.8 Å². The Hall–Kier alpha value is -3.15. The van der Waals surface area contributed by atoms with Crippen molar-refractivity contribution >= 4 is 17.2 Å². The summed E-state index contributed by atoms with van der Waals surface area (Å²) >= 11 is 0. The molecule has 2 aromatic heterocycles. The molecule has 0 bridgehead atoms. The van der Waals surface area contributed by atoms with Crippen LogP contribution in [0.5, 0.6) is 5.75 Å². The van der Waals surface area contributed by atoms with Crippen LogP contribution in [0.15, 0.2) is 53.5 Å². The molecular formula is C18H17N3O3. The number of benzene rings is 1. The summed E-state index contributed by atoms with van der Waals surface area (Å²) in [5.41, 5.74) is 1.33. The van der Waals surface area contributed by atoms with Crippen molar-refractivity contribution in [2.75, 3.05) is 11.9 Å². The molecule has 1 aromatic carbocycles. The first kappa shape index (κ1) is 15.7. The molecule has 0 saturated heterocycles. The molecule has 6 nitrogen and oxygen atoms in total. The van der Waals surface area contributed by atoms with Crippen molar-refractivity contribution < 1.29 is 9.53 Å². The number of aromatic nitrogens is 2. The lowest BCUT2D eigenvalue weighted by Gasteiger charge is -2.10. The van der Waals surface area contributed by atoms with Gasteiger partial charge in [0.15, 0.2) is 0 Å². The zero-order valence-corrected chi connectivity index (χ0v) is 13.4. The lowest BCUT2D eigenvalue weighted by Crippen LogP contribution is -2.24. The van der Waals surface area contributed by atoms with Gasteiger partial charge >= 0.3 is 0 Å². The average Bonchev–Trinajstić information content (AvgIpc) is 2.59. The maximum atomic E-state index is 12.5. The highest BCUT2D eigenvalue weighted by molar-refractivity contribution is 6.04. The van der Waals surface area contributed by atoms with E-state index in [9.17, 15) is 9.59 Å². The van der Waals surface area contributed by atoms with E-state index in [1.54, 1.807) is 55.6 Å². The third kappa shape index (κ3) is 2.99. The zero-order chi connectivity index (χ0) is 17.1. The van der Waals surface area contributed by atoms with Gasteiger partial charge in [-0.05, 0) is 50.2 Å². The van der Waals surface area contributed by atoms with Crippen LogP contribution in [0.3, 0.4) is 0 Å². The smallest absolute Gasteiger partial charge is 0.281 e. The average molecular weight is 323 g/mol. The fourth-order valence-electron chi connectivity index (χ4n) is 2.40. The van der Waals surface area contributed by atoms with E-state index in [1.165, 1.54) is 4.40 Å². The van der Waals surface area contributed by atoms with Crippen LogP contribution in [0.25, 0.3) is 5.65 Å². The summed E-state index contributed by atoms with van der Waals surface area (Å²) in [6.07, 6.45) is 1.62. The topological polar surface area (TPSA) is 72.7 Å². The Morgan fingerprint density at radius 3 is 2.67 bits per heavy atom. The number of anilines is 1. The van der Waals surface area contributed by atoms with Gasteiger partial charge in [0, 0.05) is 11.8 Å². The first-order valence-corrected chi connectivity index (χ1v) is 7.62. The molecule has 0 aliphatic rings. The predicted molar refractivity (Wildman–Crippen MR) is 91.8 cm³/mol. The fourth-order valence-corrected chi connectivity index (χ4v) is 2.40. The second-order valence-corrected chi connectivity index (χ2v) is 5.22. The minimum Gasteiger partial charge on any atom is -0.494 e. The summed E-state index contributed by atoms with van der Waals surface area (Å²) in [5, 5.41) is 2.66. The molecule has 0 atom stereocenters. The lowest BCUT2D eigenvalue weighted by molar-refractivity contribution is 0.102. The van der Waals surface area contributed by atoms with E-state index < -0.39 is 0 Å². The Morgan fingerprint density at radius 1 is 1.21 bits per heavy atom. The number of carbonyl (C=O) groups excluding carboxylic acids is 1. The van der Waals surface area contributed by atoms with Gasteiger partial charge in [0.25, 0.3) is 11.5 Å². The van der Waals surface area contributed by atoms with Gasteiger partial charge in [-0.1, -0.05) is 6.07 Å². The quantitative estimate of drug-likeness (QED) is 0.801. The standard InChI is InChI=1S/C18H17N3O3/c1-3-24-14-9-7-13(8-10-14)17(22)20-16-12(2)19-15-6-4-5-11-21(15)18(16)23/h4-11H,3H2,1-2H3,(H,20,22). The van der Waals surface area contributed by atoms with E-state index >= 15 is 0 Å². The van der Waals surface area contributed by atoms with Crippen LogP contribution < -0.4 is 15.6 Å². The van der Waals surface area contributed by atoms with Crippen molar-refractivity contribution in [1.82, 2.24) is 9.38 Å². The molecule has 3 aromatic rings. The Bertz CT molecular complexity index is 946. The number of nitrogens with zero attached hydrogens (tertiary/aromatic N) is 2. The van der Waals surface area contributed by atoms with Crippen LogP contribution in [-0.4, -0.2) is 21.9 Å². The van der Waals surface area contributed by atoms with Crippen molar-refractivity contribution in [3.05, 3.63) is 70.3 Å². The second kappa shape index (κ2) is 6.54. The normalized spacial score (nSPS) is 10.6. The highest BCUT2D eigenvalue weighted by Crippen LogP contribution is 2.14. The molecule has 24 heavy (non-hydrogen) atoms. The van der Waals surface area contributed by atoms with E-state index in [1.807, 2.05) is 6.92 Å². The molecule has 0 radical (unpaired) electrons. The number of hydrogen-bond donors (Lipinski definition) is 1. The fraction of sp³-hybridized carbons (Fsp3) is 0.167. The Morgan fingerprint density at radius 2 is 1.96 bits per heavy atom. The number of aryl methyl sites for hydroxylation is 1. The summed E-state index contributed by atoms with van der Waals surface area (Å²) in [4.78, 5) is 29.3. The molecule has 122 valence electrons. The van der Waals surface area contributed by atoms with Gasteiger partial charge in [0.05, 0.1) is 12.3 Å². The summed E-state index contributed by atoms with van der Waals surface area (Å²) in [7, 11) is 0. The third-order valence-corrected chi connectivity index (χ3v) is 3.58. The van der Waals surface area contributed by atoms with Gasteiger partial charge < -0.3 is 10.1 Å². The molecule has 0 aliphatic heterocycles. The number of carbonyl (C=O) groups is 1. The number of ether oxygens (including phenoxy) is 1. The number of hydrogen-bond acceptors (Lipinski definition) is 4. The Balaban J connectivity index is 1.91. The highest BCUT2D eigenvalue weighted by Gasteiger charge is 2.14. The maximum absolute atomic E-state index is 12.5. The SMILES string of the molecule is CCOc1ccc(C(=O)Nc2c(C)nc3ccccn3c2=O)cc1. The number of pyridine rings is 1. The number of amides is 1. The number of fused-ring (bicyclic) bond motifs is 1. The summed E-state index contributed by atoms with van der Waals surface area (Å²) < 4.78 is 6.75. The summed E-state index contributed by atoms with van der Waals surface area (Å²) in [6, 6.07) is 12.0. The third-order valence-electron chi connectivity index (χ3n) is 3.58. The number of rotatable bonds is 4. The largest absolute Gasteiger partial charge is 0.494 e. The molecule has 0 saturated carbocycles. The van der Waals surface area contributed by atoms with Crippen molar-refractivity contribution in [1.29, 1.82) is 0 Å². The van der Waals surface area contributed by atoms with E-state index in [2.05, 4.69) is 10.3 Å². The van der Waals surface area contributed by atoms with Crippen LogP contribution >= 0.6 is 0 Å². The molecule has 2 heterocycles. The molecule has 0 aliphatic carbocycles. The maximum Gasteiger partial charge on any atom is 0.281 e. The van der Waals surface area contributed by atoms with Crippen LogP contribution in [0, 0.1) is 6.92 Å².